The quantitative estimate of drug-likeness (QED) is 0.142. The Hall–Kier alpha value is -2.50. The fourth-order valence-corrected chi connectivity index (χ4v) is 8.58. The number of amides is 2. The molecule has 0 heterocycles. The Morgan fingerprint density at radius 1 is 1.02 bits per heavy atom. The van der Waals surface area contributed by atoms with Crippen LogP contribution in [0.15, 0.2) is 24.3 Å². The molecule has 290 valence electrons. The molecule has 3 fully saturated rings. The van der Waals surface area contributed by atoms with Gasteiger partial charge in [-0.2, -0.15) is 0 Å². The van der Waals surface area contributed by atoms with E-state index in [1.54, 1.807) is 7.05 Å². The molecule has 4 rings (SSSR count). The van der Waals surface area contributed by atoms with Gasteiger partial charge in [0.25, 0.3) is 5.91 Å². The van der Waals surface area contributed by atoms with Crippen LogP contribution in [0.4, 0.5) is 4.79 Å². The van der Waals surface area contributed by atoms with Crippen LogP contribution in [0.3, 0.4) is 0 Å². The van der Waals surface area contributed by atoms with Crippen LogP contribution >= 0.6 is 7.82 Å². The molecule has 3 saturated carbocycles. The molecule has 16 nitrogen and oxygen atoms in total. The molecule has 0 saturated heterocycles. The normalized spacial score (nSPS) is 32.8. The Labute approximate surface area is 297 Å². The maximum absolute atomic E-state index is 13.3. The maximum atomic E-state index is 13.3. The fourth-order valence-electron chi connectivity index (χ4n) is 8.18. The molecule has 3 aliphatic rings. The van der Waals surface area contributed by atoms with Gasteiger partial charge in [0.05, 0.1) is 18.8 Å². The summed E-state index contributed by atoms with van der Waals surface area (Å²) in [5.41, 5.74) is -1.44. The van der Waals surface area contributed by atoms with Crippen molar-refractivity contribution in [3.05, 3.63) is 29.8 Å². The van der Waals surface area contributed by atoms with Crippen molar-refractivity contribution in [3.63, 3.8) is 0 Å². The Morgan fingerprint density at radius 3 is 2.18 bits per heavy atom. The third-order valence-electron chi connectivity index (χ3n) is 11.7. The highest BCUT2D eigenvalue weighted by Crippen LogP contribution is 2.66. The lowest BCUT2D eigenvalue weighted by atomic mass is 9.46. The van der Waals surface area contributed by atoms with Crippen molar-refractivity contribution in [2.45, 2.75) is 109 Å². The number of phosphoric ester groups is 1. The molecule has 2 bridgehead atoms. The predicted molar refractivity (Wildman–Crippen MR) is 182 cm³/mol. The molecule has 0 aliphatic heterocycles. The zero-order valence-corrected chi connectivity index (χ0v) is 30.7. The van der Waals surface area contributed by atoms with Gasteiger partial charge in [0, 0.05) is 29.9 Å². The number of hydrogen-bond donors (Lipinski definition) is 10. The summed E-state index contributed by atoms with van der Waals surface area (Å²) in [5.74, 6) is -0.962. The number of rotatable bonds is 11. The first kappa shape index (κ1) is 42.9. The van der Waals surface area contributed by atoms with Crippen LogP contribution in [0.2, 0.25) is 0 Å². The number of Topliss-reactive ketones (excluding diaryl/α,β-unsaturated/α-hetero) is 1. The number of nitrogens with one attached hydrogen (secondary N) is 2. The third kappa shape index (κ3) is 9.74. The Balaban J connectivity index is 0.000000460. The van der Waals surface area contributed by atoms with Crippen LogP contribution in [-0.2, 0) is 14.1 Å². The molecule has 0 spiro atoms. The SMILES string of the molecule is CC[C@]1(C)C[C@@H](OC(=O)NC(=O)c2ccc(OP(=O)(O)O)cc2)[C@]2(C)[C@H](C)CCC3(CCC(=O)[C@H]32)C[C@@H]1O.CNC[C@H](O)[C@@H](O)[C@H](O)[C@H](O)CO. The first-order valence-electron chi connectivity index (χ1n) is 17.2. The monoisotopic (exact) mass is 746 g/mol. The Kier molecular flexibility index (Phi) is 14.4. The van der Waals surface area contributed by atoms with Gasteiger partial charge in [-0.3, -0.25) is 24.7 Å². The summed E-state index contributed by atoms with van der Waals surface area (Å²) in [7, 11) is -3.17. The highest BCUT2D eigenvalue weighted by Gasteiger charge is 2.66. The van der Waals surface area contributed by atoms with Gasteiger partial charge in [0.15, 0.2) is 0 Å². The second kappa shape index (κ2) is 17.1. The fraction of sp³-hybridized carbons (Fsp3) is 0.735. The summed E-state index contributed by atoms with van der Waals surface area (Å²) < 4.78 is 21.5. The van der Waals surface area contributed by atoms with E-state index in [9.17, 15) is 29.2 Å². The summed E-state index contributed by atoms with van der Waals surface area (Å²) in [6.07, 6.45) is -3.44. The average Bonchev–Trinajstić information content (AvgIpc) is 3.40. The van der Waals surface area contributed by atoms with Gasteiger partial charge in [-0.05, 0) is 86.6 Å². The Morgan fingerprint density at radius 2 is 1.63 bits per heavy atom. The molecule has 11 atom stereocenters. The number of carbonyl (C=O) groups is 3. The number of hydrogen-bond acceptors (Lipinski definition) is 13. The van der Waals surface area contributed by atoms with Gasteiger partial charge in [-0.15, -0.1) is 0 Å². The second-order valence-electron chi connectivity index (χ2n) is 14.8. The smallest absolute Gasteiger partial charge is 0.445 e. The largest absolute Gasteiger partial charge is 0.524 e. The number of carbonyl (C=O) groups excluding carboxylic acids is 3. The van der Waals surface area contributed by atoms with Crippen molar-refractivity contribution in [2.24, 2.45) is 28.1 Å². The number of phosphoric acid groups is 1. The summed E-state index contributed by atoms with van der Waals surface area (Å²) >= 11 is 0. The molecule has 1 aromatic carbocycles. The van der Waals surface area contributed by atoms with Gasteiger partial charge in [-0.1, -0.05) is 27.7 Å². The van der Waals surface area contributed by atoms with Gasteiger partial charge >= 0.3 is 13.9 Å². The number of benzene rings is 1. The van der Waals surface area contributed by atoms with Crippen LogP contribution in [0.5, 0.6) is 5.75 Å². The molecule has 51 heavy (non-hydrogen) atoms. The van der Waals surface area contributed by atoms with E-state index < -0.39 is 73.9 Å². The lowest BCUT2D eigenvalue weighted by Crippen LogP contribution is -2.61. The van der Waals surface area contributed by atoms with E-state index in [0.29, 0.717) is 25.7 Å². The minimum absolute atomic E-state index is 0.0636. The Bertz CT molecular complexity index is 1410. The number of imide groups is 1. The number of alkyl carbamates (subject to hydrolysis) is 1. The molecule has 3 aliphatic carbocycles. The van der Waals surface area contributed by atoms with Crippen molar-refractivity contribution < 1.29 is 68.6 Å². The van der Waals surface area contributed by atoms with E-state index in [1.165, 1.54) is 24.3 Å². The zero-order valence-electron chi connectivity index (χ0n) is 29.8. The van der Waals surface area contributed by atoms with Crippen LogP contribution in [0.25, 0.3) is 0 Å². The first-order valence-corrected chi connectivity index (χ1v) is 18.8. The van der Waals surface area contributed by atoms with E-state index in [0.717, 1.165) is 19.3 Å². The summed E-state index contributed by atoms with van der Waals surface area (Å²) in [4.78, 5) is 57.0. The topological polar surface area (TPSA) is 273 Å². The molecule has 10 N–H and O–H groups in total. The van der Waals surface area contributed by atoms with Crippen molar-refractivity contribution in [3.8, 4) is 5.75 Å². The van der Waals surface area contributed by atoms with Crippen molar-refractivity contribution >= 4 is 25.6 Å². The van der Waals surface area contributed by atoms with Crippen LogP contribution in [0.1, 0.15) is 83.0 Å². The van der Waals surface area contributed by atoms with E-state index in [1.807, 2.05) is 20.8 Å². The second-order valence-corrected chi connectivity index (χ2v) is 16.0. The molecule has 17 heteroatoms. The van der Waals surface area contributed by atoms with E-state index in [4.69, 9.17) is 34.9 Å². The summed E-state index contributed by atoms with van der Waals surface area (Å²) in [6, 6.07) is 4.95. The van der Waals surface area contributed by atoms with Gasteiger partial charge in [0.1, 0.15) is 35.9 Å². The van der Waals surface area contributed by atoms with Crippen molar-refractivity contribution in [2.75, 3.05) is 20.2 Å². The third-order valence-corrected chi connectivity index (χ3v) is 12.1. The van der Waals surface area contributed by atoms with Crippen molar-refractivity contribution in [1.29, 1.82) is 0 Å². The highest BCUT2D eigenvalue weighted by atomic mass is 31.2. The number of ketones is 1. The maximum Gasteiger partial charge on any atom is 0.524 e. The van der Waals surface area contributed by atoms with E-state index in [2.05, 4.69) is 22.1 Å². The lowest BCUT2D eigenvalue weighted by molar-refractivity contribution is -0.179. The number of likely N-dealkylation sites (N-methyl/N-ethyl adjacent to an activating group) is 1. The number of aliphatic hydroxyl groups is 6. The summed E-state index contributed by atoms with van der Waals surface area (Å²) in [5, 5.41) is 61.1. The van der Waals surface area contributed by atoms with Crippen molar-refractivity contribution in [1.82, 2.24) is 10.6 Å². The van der Waals surface area contributed by atoms with Crippen LogP contribution < -0.4 is 15.2 Å². The molecule has 1 aromatic rings. The molecule has 2 amide bonds. The molecular weight excluding hydrogens is 691 g/mol. The average molecular weight is 747 g/mol. The minimum atomic E-state index is -4.74. The number of aliphatic hydroxyl groups excluding tert-OH is 6. The highest BCUT2D eigenvalue weighted by molar-refractivity contribution is 7.46. The van der Waals surface area contributed by atoms with Gasteiger partial charge in [0.2, 0.25) is 0 Å². The first-order chi connectivity index (χ1) is 23.7. The molecular formula is C34H55N2O14P. The summed E-state index contributed by atoms with van der Waals surface area (Å²) in [6.45, 7) is 7.56. The van der Waals surface area contributed by atoms with Gasteiger partial charge in [-0.25, -0.2) is 9.36 Å². The minimum Gasteiger partial charge on any atom is -0.445 e. The molecule has 0 aromatic heterocycles. The van der Waals surface area contributed by atoms with Crippen LogP contribution in [0, 0.1) is 28.1 Å². The van der Waals surface area contributed by atoms with E-state index in [-0.39, 0.29) is 40.9 Å². The van der Waals surface area contributed by atoms with Crippen LogP contribution in [-0.4, -0.2) is 115 Å². The molecule has 0 radical (unpaired) electrons. The standard InChI is InChI=1S/C27H38NO9P.C7H17NO5/c1-5-25(3)15-21(26(4)16(2)10-12-27(14-20(25)30)13-11-19(29)22(26)27)36-24(32)28-23(31)17-6-8-18(9-7-17)37-38(33,34)35;1-8-2-4(10)6(12)7(13)5(11)3-9/h6-9,16,20-22,30H,5,10-15H2,1-4H3,(H,28,31,32)(H2,33,34,35);4-13H,2-3H2,1H3/t16-,20+,21-,22+,25-,26+,27?;4-,5+,6+,7+/m10/s1. The van der Waals surface area contributed by atoms with E-state index >= 15 is 0 Å². The zero-order chi connectivity index (χ0) is 38.5. The predicted octanol–water partition coefficient (Wildman–Crippen LogP) is 1.01. The molecule has 1 unspecified atom stereocenters. The van der Waals surface area contributed by atoms with Gasteiger partial charge < -0.3 is 45.2 Å². The lowest BCUT2D eigenvalue weighted by Gasteiger charge is -2.59. The number of ether oxygens (including phenoxy) is 1.